The first kappa shape index (κ1) is 15.2. The molecule has 2 nitrogen and oxygen atoms in total. The summed E-state index contributed by atoms with van der Waals surface area (Å²) in [4.78, 5) is 0. The van der Waals surface area contributed by atoms with Crippen LogP contribution in [-0.4, -0.2) is 6.54 Å². The largest absolute Gasteiger partial charge is 0.416 e. The van der Waals surface area contributed by atoms with E-state index in [1.54, 1.807) is 0 Å². The molecule has 0 spiro atoms. The molecule has 0 aliphatic heterocycles. The maximum Gasteiger partial charge on any atom is 0.416 e. The van der Waals surface area contributed by atoms with Crippen molar-refractivity contribution in [3.8, 4) is 0 Å². The summed E-state index contributed by atoms with van der Waals surface area (Å²) in [5.74, 6) is -0.908. The zero-order chi connectivity index (χ0) is 13.9. The molecule has 0 aromatic heterocycles. The Kier molecular flexibility index (Phi) is 4.95. The lowest BCUT2D eigenvalue weighted by Gasteiger charge is -2.16. The molecule has 0 saturated heterocycles. The molecule has 0 radical (unpaired) electrons. The summed E-state index contributed by atoms with van der Waals surface area (Å²) in [7, 11) is 0. The molecule has 1 atom stereocenters. The Morgan fingerprint density at radius 3 is 2.39 bits per heavy atom. The Morgan fingerprint density at radius 2 is 1.89 bits per heavy atom. The van der Waals surface area contributed by atoms with Crippen molar-refractivity contribution < 1.29 is 17.6 Å². The molecule has 7 heteroatoms. The third-order valence-electron chi connectivity index (χ3n) is 2.50. The molecule has 0 bridgehead atoms. The van der Waals surface area contributed by atoms with E-state index >= 15 is 0 Å². The molecule has 0 saturated carbocycles. The van der Waals surface area contributed by atoms with Crippen molar-refractivity contribution in [1.82, 2.24) is 0 Å². The van der Waals surface area contributed by atoms with Gasteiger partial charge in [-0.25, -0.2) is 4.39 Å². The third-order valence-corrected chi connectivity index (χ3v) is 2.78. The standard InChI is InChI=1S/C11H13ClF4N2/c12-8-5-6(11(14,15)16)4-7(10(8)13)9(18)2-1-3-17/h4-5,9H,1-3,17-18H2/t9-/m1/s1. The van der Waals surface area contributed by atoms with Gasteiger partial charge in [0, 0.05) is 11.6 Å². The smallest absolute Gasteiger partial charge is 0.330 e. The number of alkyl halides is 3. The van der Waals surface area contributed by atoms with Crippen LogP contribution in [0, 0.1) is 5.82 Å². The summed E-state index contributed by atoms with van der Waals surface area (Å²) in [5, 5.41) is -0.581. The second kappa shape index (κ2) is 5.86. The fourth-order valence-corrected chi connectivity index (χ4v) is 1.76. The fourth-order valence-electron chi connectivity index (χ4n) is 1.54. The molecular weight excluding hydrogens is 272 g/mol. The van der Waals surface area contributed by atoms with Crippen molar-refractivity contribution in [1.29, 1.82) is 0 Å². The second-order valence-corrected chi connectivity index (χ2v) is 4.30. The van der Waals surface area contributed by atoms with Gasteiger partial charge in [-0.2, -0.15) is 13.2 Å². The van der Waals surface area contributed by atoms with E-state index in [1.165, 1.54) is 0 Å². The molecule has 0 aliphatic rings. The molecular formula is C11H13ClF4N2. The number of hydrogen-bond acceptors (Lipinski definition) is 2. The summed E-state index contributed by atoms with van der Waals surface area (Å²) in [6.45, 7) is 0.335. The number of hydrogen-bond donors (Lipinski definition) is 2. The second-order valence-electron chi connectivity index (χ2n) is 3.90. The molecule has 102 valence electrons. The van der Waals surface area contributed by atoms with Crippen LogP contribution in [0.5, 0.6) is 0 Å². The van der Waals surface area contributed by atoms with Gasteiger partial charge in [0.25, 0.3) is 0 Å². The van der Waals surface area contributed by atoms with Crippen molar-refractivity contribution >= 4 is 11.6 Å². The van der Waals surface area contributed by atoms with E-state index in [2.05, 4.69) is 0 Å². The van der Waals surface area contributed by atoms with Crippen molar-refractivity contribution in [3.05, 3.63) is 34.1 Å². The topological polar surface area (TPSA) is 52.0 Å². The first-order chi connectivity index (χ1) is 8.27. The molecule has 1 aromatic rings. The minimum atomic E-state index is -4.58. The first-order valence-electron chi connectivity index (χ1n) is 5.29. The van der Waals surface area contributed by atoms with Crippen LogP contribution in [0.2, 0.25) is 5.02 Å². The van der Waals surface area contributed by atoms with Crippen LogP contribution in [0.4, 0.5) is 17.6 Å². The van der Waals surface area contributed by atoms with Gasteiger partial charge in [0.15, 0.2) is 0 Å². The van der Waals surface area contributed by atoms with E-state index in [-0.39, 0.29) is 5.56 Å². The highest BCUT2D eigenvalue weighted by molar-refractivity contribution is 6.30. The minimum absolute atomic E-state index is 0.233. The summed E-state index contributed by atoms with van der Waals surface area (Å²) in [5.41, 5.74) is 9.67. The van der Waals surface area contributed by atoms with Gasteiger partial charge in [0.1, 0.15) is 5.82 Å². The molecule has 1 rings (SSSR count). The van der Waals surface area contributed by atoms with Crippen LogP contribution in [0.25, 0.3) is 0 Å². The Balaban J connectivity index is 3.14. The van der Waals surface area contributed by atoms with Gasteiger partial charge in [-0.05, 0) is 31.5 Å². The van der Waals surface area contributed by atoms with E-state index in [9.17, 15) is 17.6 Å². The van der Waals surface area contributed by atoms with E-state index in [4.69, 9.17) is 23.1 Å². The lowest BCUT2D eigenvalue weighted by atomic mass is 9.99. The van der Waals surface area contributed by atoms with Crippen LogP contribution in [0.1, 0.15) is 30.0 Å². The lowest BCUT2D eigenvalue weighted by molar-refractivity contribution is -0.137. The van der Waals surface area contributed by atoms with Crippen molar-refractivity contribution in [2.75, 3.05) is 6.54 Å². The minimum Gasteiger partial charge on any atom is -0.330 e. The van der Waals surface area contributed by atoms with Crippen LogP contribution in [0.15, 0.2) is 12.1 Å². The average Bonchev–Trinajstić information content (AvgIpc) is 2.27. The van der Waals surface area contributed by atoms with Gasteiger partial charge >= 0.3 is 6.18 Å². The summed E-state index contributed by atoms with van der Waals surface area (Å²) < 4.78 is 51.3. The predicted octanol–water partition coefficient (Wildman–Crippen LogP) is 3.24. The number of rotatable bonds is 4. The van der Waals surface area contributed by atoms with E-state index in [1.807, 2.05) is 0 Å². The molecule has 4 N–H and O–H groups in total. The Morgan fingerprint density at radius 1 is 1.28 bits per heavy atom. The maximum atomic E-state index is 13.6. The van der Waals surface area contributed by atoms with Gasteiger partial charge in [-0.1, -0.05) is 11.6 Å². The van der Waals surface area contributed by atoms with Gasteiger partial charge in [-0.15, -0.1) is 0 Å². The predicted molar refractivity (Wildman–Crippen MR) is 61.6 cm³/mol. The summed E-state index contributed by atoms with van der Waals surface area (Å²) in [6, 6.07) is 0.395. The normalized spacial score (nSPS) is 13.7. The summed E-state index contributed by atoms with van der Waals surface area (Å²) in [6.07, 6.45) is -3.79. The highest BCUT2D eigenvalue weighted by atomic mass is 35.5. The zero-order valence-electron chi connectivity index (χ0n) is 9.40. The van der Waals surface area contributed by atoms with Crippen LogP contribution < -0.4 is 11.5 Å². The lowest BCUT2D eigenvalue weighted by Crippen LogP contribution is -2.16. The molecule has 18 heavy (non-hydrogen) atoms. The number of halogens is 5. The first-order valence-corrected chi connectivity index (χ1v) is 5.67. The fraction of sp³-hybridized carbons (Fsp3) is 0.455. The summed E-state index contributed by atoms with van der Waals surface area (Å²) >= 11 is 5.45. The number of benzene rings is 1. The molecule has 0 aliphatic carbocycles. The molecule has 0 amide bonds. The molecule has 0 fully saturated rings. The van der Waals surface area contributed by atoms with Gasteiger partial charge < -0.3 is 11.5 Å². The Hall–Kier alpha value is -0.850. The van der Waals surface area contributed by atoms with Crippen LogP contribution in [0.3, 0.4) is 0 Å². The molecule has 1 aromatic carbocycles. The molecule has 0 heterocycles. The van der Waals surface area contributed by atoms with E-state index < -0.39 is 28.6 Å². The SMILES string of the molecule is NCCC[C@@H](N)c1cc(C(F)(F)F)cc(Cl)c1F. The van der Waals surface area contributed by atoms with Crippen LogP contribution >= 0.6 is 11.6 Å². The van der Waals surface area contributed by atoms with E-state index in [0.717, 1.165) is 0 Å². The maximum absolute atomic E-state index is 13.6. The monoisotopic (exact) mass is 284 g/mol. The highest BCUT2D eigenvalue weighted by Gasteiger charge is 2.32. The van der Waals surface area contributed by atoms with Crippen molar-refractivity contribution in [3.63, 3.8) is 0 Å². The van der Waals surface area contributed by atoms with Crippen molar-refractivity contribution in [2.45, 2.75) is 25.1 Å². The number of nitrogens with two attached hydrogens (primary N) is 2. The average molecular weight is 285 g/mol. The van der Waals surface area contributed by atoms with Gasteiger partial charge in [0.2, 0.25) is 0 Å². The third kappa shape index (κ3) is 3.57. The zero-order valence-corrected chi connectivity index (χ0v) is 10.2. The Labute approximate surface area is 107 Å². The van der Waals surface area contributed by atoms with Gasteiger partial charge in [-0.3, -0.25) is 0 Å². The van der Waals surface area contributed by atoms with Gasteiger partial charge in [0.05, 0.1) is 10.6 Å². The highest BCUT2D eigenvalue weighted by Crippen LogP contribution is 2.35. The van der Waals surface area contributed by atoms with Crippen LogP contribution in [-0.2, 0) is 6.18 Å². The molecule has 0 unspecified atom stereocenters. The Bertz CT molecular complexity index is 420. The quantitative estimate of drug-likeness (QED) is 0.834. The van der Waals surface area contributed by atoms with E-state index in [0.29, 0.717) is 31.5 Å². The van der Waals surface area contributed by atoms with Crippen molar-refractivity contribution in [2.24, 2.45) is 11.5 Å².